The molecule has 1 aromatic carbocycles. The predicted molar refractivity (Wildman–Crippen MR) is 80.0 cm³/mol. The average Bonchev–Trinajstić information content (AvgIpc) is 2.32. The maximum atomic E-state index is 6.18. The van der Waals surface area contributed by atoms with Crippen LogP contribution < -0.4 is 10.1 Å². The molecule has 4 heteroatoms. The molecule has 3 nitrogen and oxygen atoms in total. The maximum absolute atomic E-state index is 6.18. The first-order valence-electron chi connectivity index (χ1n) is 6.69. The Morgan fingerprint density at radius 3 is 2.58 bits per heavy atom. The number of ether oxygens (including phenoxy) is 2. The van der Waals surface area contributed by atoms with Crippen molar-refractivity contribution in [1.29, 1.82) is 0 Å². The van der Waals surface area contributed by atoms with E-state index < -0.39 is 0 Å². The molecule has 0 bridgehead atoms. The third kappa shape index (κ3) is 6.28. The van der Waals surface area contributed by atoms with E-state index in [1.165, 1.54) is 0 Å². The molecule has 0 fully saturated rings. The highest BCUT2D eigenvalue weighted by Gasteiger charge is 2.11. The molecular formula is C15H24ClNO2. The van der Waals surface area contributed by atoms with E-state index in [1.807, 2.05) is 39.0 Å². The van der Waals surface area contributed by atoms with E-state index in [4.69, 9.17) is 21.1 Å². The Bertz CT molecular complexity index is 388. The van der Waals surface area contributed by atoms with Crippen LogP contribution in [0.5, 0.6) is 5.75 Å². The minimum absolute atomic E-state index is 0.142. The van der Waals surface area contributed by atoms with Crippen LogP contribution in [0.2, 0.25) is 5.02 Å². The van der Waals surface area contributed by atoms with Crippen LogP contribution in [0.15, 0.2) is 18.2 Å². The standard InChI is InChI=1S/C15H24ClNO2/c1-5-17-11-12-7-6-8-13(16)14(12)18-9-10-19-15(2,3)4/h6-8,17H,5,9-11H2,1-4H3. The van der Waals surface area contributed by atoms with Crippen LogP contribution in [0.4, 0.5) is 0 Å². The molecule has 0 heterocycles. The van der Waals surface area contributed by atoms with Crippen molar-refractivity contribution >= 4 is 11.6 Å². The summed E-state index contributed by atoms with van der Waals surface area (Å²) in [6.07, 6.45) is 0. The van der Waals surface area contributed by atoms with Gasteiger partial charge in [-0.1, -0.05) is 30.7 Å². The zero-order chi connectivity index (χ0) is 14.3. The van der Waals surface area contributed by atoms with Gasteiger partial charge in [0.05, 0.1) is 17.2 Å². The fourth-order valence-corrected chi connectivity index (χ4v) is 1.85. The van der Waals surface area contributed by atoms with Gasteiger partial charge < -0.3 is 14.8 Å². The molecule has 0 unspecified atom stereocenters. The zero-order valence-corrected chi connectivity index (χ0v) is 13.0. The maximum Gasteiger partial charge on any atom is 0.142 e. The van der Waals surface area contributed by atoms with E-state index in [0.29, 0.717) is 18.2 Å². The van der Waals surface area contributed by atoms with Crippen molar-refractivity contribution in [3.63, 3.8) is 0 Å². The number of hydrogen-bond acceptors (Lipinski definition) is 3. The Morgan fingerprint density at radius 1 is 1.21 bits per heavy atom. The first-order valence-corrected chi connectivity index (χ1v) is 7.06. The number of nitrogens with one attached hydrogen (secondary N) is 1. The molecule has 0 amide bonds. The molecule has 0 aliphatic carbocycles. The van der Waals surface area contributed by atoms with Gasteiger partial charge in [-0.3, -0.25) is 0 Å². The summed E-state index contributed by atoms with van der Waals surface area (Å²) in [5.41, 5.74) is 0.932. The fourth-order valence-electron chi connectivity index (χ4n) is 1.61. The summed E-state index contributed by atoms with van der Waals surface area (Å²) >= 11 is 6.18. The van der Waals surface area contributed by atoms with Crippen LogP contribution >= 0.6 is 11.6 Å². The number of benzene rings is 1. The van der Waals surface area contributed by atoms with E-state index in [0.717, 1.165) is 24.4 Å². The van der Waals surface area contributed by atoms with Gasteiger partial charge in [-0.2, -0.15) is 0 Å². The van der Waals surface area contributed by atoms with Crippen LogP contribution in [-0.2, 0) is 11.3 Å². The Balaban J connectivity index is 2.56. The monoisotopic (exact) mass is 285 g/mol. The van der Waals surface area contributed by atoms with Gasteiger partial charge in [-0.15, -0.1) is 0 Å². The SMILES string of the molecule is CCNCc1cccc(Cl)c1OCCOC(C)(C)C. The topological polar surface area (TPSA) is 30.5 Å². The largest absolute Gasteiger partial charge is 0.489 e. The van der Waals surface area contributed by atoms with Crippen LogP contribution in [0, 0.1) is 0 Å². The molecule has 19 heavy (non-hydrogen) atoms. The lowest BCUT2D eigenvalue weighted by atomic mass is 10.2. The molecule has 0 aromatic heterocycles. The Kier molecular flexibility index (Phi) is 6.63. The fraction of sp³-hybridized carbons (Fsp3) is 0.600. The molecule has 0 radical (unpaired) electrons. The van der Waals surface area contributed by atoms with Gasteiger partial charge in [-0.05, 0) is 33.4 Å². The van der Waals surface area contributed by atoms with E-state index in [1.54, 1.807) is 0 Å². The van der Waals surface area contributed by atoms with Crippen LogP contribution in [-0.4, -0.2) is 25.4 Å². The van der Waals surface area contributed by atoms with Gasteiger partial charge in [0.2, 0.25) is 0 Å². The van der Waals surface area contributed by atoms with Gasteiger partial charge in [-0.25, -0.2) is 0 Å². The third-order valence-corrected chi connectivity index (χ3v) is 2.78. The van der Waals surface area contributed by atoms with E-state index >= 15 is 0 Å². The van der Waals surface area contributed by atoms with Crippen molar-refractivity contribution < 1.29 is 9.47 Å². The first-order chi connectivity index (χ1) is 8.94. The smallest absolute Gasteiger partial charge is 0.142 e. The van der Waals surface area contributed by atoms with Crippen molar-refractivity contribution in [3.8, 4) is 5.75 Å². The van der Waals surface area contributed by atoms with Crippen molar-refractivity contribution in [2.24, 2.45) is 0 Å². The third-order valence-electron chi connectivity index (χ3n) is 2.48. The number of para-hydroxylation sites is 1. The Labute approximate surface area is 121 Å². The van der Waals surface area contributed by atoms with Gasteiger partial charge in [0.15, 0.2) is 0 Å². The average molecular weight is 286 g/mol. The summed E-state index contributed by atoms with van der Waals surface area (Å²) in [5.74, 6) is 0.752. The van der Waals surface area contributed by atoms with Crippen LogP contribution in [0.25, 0.3) is 0 Å². The van der Waals surface area contributed by atoms with Crippen molar-refractivity contribution in [2.45, 2.75) is 39.8 Å². The van der Waals surface area contributed by atoms with Gasteiger partial charge in [0.25, 0.3) is 0 Å². The van der Waals surface area contributed by atoms with Crippen LogP contribution in [0.3, 0.4) is 0 Å². The molecule has 0 atom stereocenters. The minimum Gasteiger partial charge on any atom is -0.489 e. The molecule has 0 saturated carbocycles. The highest BCUT2D eigenvalue weighted by molar-refractivity contribution is 6.32. The van der Waals surface area contributed by atoms with E-state index in [-0.39, 0.29) is 5.60 Å². The summed E-state index contributed by atoms with van der Waals surface area (Å²) in [5, 5.41) is 3.92. The molecule has 0 aliphatic heterocycles. The quantitative estimate of drug-likeness (QED) is 0.776. The van der Waals surface area contributed by atoms with Crippen molar-refractivity contribution in [2.75, 3.05) is 19.8 Å². The second kappa shape index (κ2) is 7.73. The molecule has 0 spiro atoms. The predicted octanol–water partition coefficient (Wildman–Crippen LogP) is 3.64. The summed E-state index contributed by atoms with van der Waals surface area (Å²) in [4.78, 5) is 0. The number of rotatable bonds is 7. The Morgan fingerprint density at radius 2 is 1.95 bits per heavy atom. The van der Waals surface area contributed by atoms with Crippen molar-refractivity contribution in [3.05, 3.63) is 28.8 Å². The van der Waals surface area contributed by atoms with Crippen molar-refractivity contribution in [1.82, 2.24) is 5.32 Å². The molecule has 1 rings (SSSR count). The minimum atomic E-state index is -0.142. The van der Waals surface area contributed by atoms with E-state index in [9.17, 15) is 0 Å². The van der Waals surface area contributed by atoms with Gasteiger partial charge >= 0.3 is 0 Å². The van der Waals surface area contributed by atoms with Crippen LogP contribution in [0.1, 0.15) is 33.3 Å². The van der Waals surface area contributed by atoms with E-state index in [2.05, 4.69) is 12.2 Å². The lowest BCUT2D eigenvalue weighted by Crippen LogP contribution is -2.22. The summed E-state index contributed by atoms with van der Waals surface area (Å²) in [6.45, 7) is 10.9. The first kappa shape index (κ1) is 16.3. The molecule has 0 saturated heterocycles. The number of halogens is 1. The van der Waals surface area contributed by atoms with Gasteiger partial charge in [0, 0.05) is 12.1 Å². The lowest BCUT2D eigenvalue weighted by Gasteiger charge is -2.20. The second-order valence-corrected chi connectivity index (χ2v) is 5.72. The Hall–Kier alpha value is -0.770. The summed E-state index contributed by atoms with van der Waals surface area (Å²) in [6, 6.07) is 5.80. The normalized spacial score (nSPS) is 11.6. The molecule has 108 valence electrons. The molecule has 0 aliphatic rings. The lowest BCUT2D eigenvalue weighted by molar-refractivity contribution is -0.0163. The highest BCUT2D eigenvalue weighted by Crippen LogP contribution is 2.28. The molecule has 1 N–H and O–H groups in total. The van der Waals surface area contributed by atoms with Gasteiger partial charge in [0.1, 0.15) is 12.4 Å². The zero-order valence-electron chi connectivity index (χ0n) is 12.3. The molecule has 1 aromatic rings. The number of hydrogen-bond donors (Lipinski definition) is 1. The second-order valence-electron chi connectivity index (χ2n) is 5.32. The summed E-state index contributed by atoms with van der Waals surface area (Å²) < 4.78 is 11.4. The molecular weight excluding hydrogens is 262 g/mol. The highest BCUT2D eigenvalue weighted by atomic mass is 35.5. The summed E-state index contributed by atoms with van der Waals surface area (Å²) in [7, 11) is 0.